The average Bonchev–Trinajstić information content (AvgIpc) is 3.31. The summed E-state index contributed by atoms with van der Waals surface area (Å²) in [4.78, 5) is 4.56. The maximum atomic E-state index is 5.55. The van der Waals surface area contributed by atoms with Crippen molar-refractivity contribution in [1.29, 1.82) is 0 Å². The summed E-state index contributed by atoms with van der Waals surface area (Å²) in [5, 5.41) is 14.2. The predicted molar refractivity (Wildman–Crippen MR) is 96.2 cm³/mol. The molecule has 0 aliphatic heterocycles. The average molecular weight is 348 g/mol. The van der Waals surface area contributed by atoms with E-state index in [1.165, 1.54) is 0 Å². The number of aromatic nitrogens is 3. The Labute approximate surface area is 148 Å². The molecule has 8 heteroatoms. The zero-order valence-electron chi connectivity index (χ0n) is 14.9. The number of unbranched alkanes of at least 4 members (excludes halogenated alkanes) is 1. The fourth-order valence-corrected chi connectivity index (χ4v) is 2.23. The second-order valence-electron chi connectivity index (χ2n) is 5.58. The molecular weight excluding hydrogens is 320 g/mol. The largest absolute Gasteiger partial charge is 0.467 e. The number of hydrogen-bond acceptors (Lipinski definition) is 5. The molecule has 2 aromatic rings. The molecule has 0 bridgehead atoms. The van der Waals surface area contributed by atoms with Crippen molar-refractivity contribution in [2.75, 3.05) is 26.2 Å². The number of rotatable bonds is 12. The summed E-state index contributed by atoms with van der Waals surface area (Å²) >= 11 is 0. The minimum absolute atomic E-state index is 0.515. The van der Waals surface area contributed by atoms with E-state index in [1.807, 2.05) is 16.7 Å². The Morgan fingerprint density at radius 1 is 1.24 bits per heavy atom. The highest BCUT2D eigenvalue weighted by Gasteiger charge is 1.98. The predicted octanol–water partition coefficient (Wildman–Crippen LogP) is 1.81. The lowest BCUT2D eigenvalue weighted by Gasteiger charge is -2.11. The monoisotopic (exact) mass is 348 g/mol. The van der Waals surface area contributed by atoms with Crippen molar-refractivity contribution in [1.82, 2.24) is 25.4 Å². The highest BCUT2D eigenvalue weighted by atomic mass is 16.5. The molecule has 2 heterocycles. The Kier molecular flexibility index (Phi) is 9.17. The first-order valence-corrected chi connectivity index (χ1v) is 8.83. The lowest BCUT2D eigenvalue weighted by Crippen LogP contribution is -2.38. The summed E-state index contributed by atoms with van der Waals surface area (Å²) in [6.45, 7) is 6.66. The standard InChI is InChI=1S/C17H28N6O2/c1-2-18-17(19-8-3-4-10-23-14-21-22-15-23)20-9-6-11-24-13-16-7-5-12-25-16/h5,7,12,14-15H,2-4,6,8-11,13H2,1H3,(H2,18,19,20). The molecule has 0 spiro atoms. The number of nitrogens with zero attached hydrogens (tertiary/aromatic N) is 4. The topological polar surface area (TPSA) is 89.5 Å². The summed E-state index contributed by atoms with van der Waals surface area (Å²) in [6.07, 6.45) is 8.16. The van der Waals surface area contributed by atoms with Crippen molar-refractivity contribution in [3.05, 3.63) is 36.8 Å². The van der Waals surface area contributed by atoms with Crippen molar-refractivity contribution >= 4 is 5.96 Å². The fourth-order valence-electron chi connectivity index (χ4n) is 2.23. The molecule has 0 aliphatic carbocycles. The Morgan fingerprint density at radius 3 is 2.88 bits per heavy atom. The van der Waals surface area contributed by atoms with Crippen molar-refractivity contribution in [3.63, 3.8) is 0 Å². The van der Waals surface area contributed by atoms with Crippen LogP contribution in [0.2, 0.25) is 0 Å². The molecule has 2 rings (SSSR count). The number of guanidine groups is 1. The molecule has 0 amide bonds. The lowest BCUT2D eigenvalue weighted by atomic mass is 10.3. The van der Waals surface area contributed by atoms with Crippen LogP contribution < -0.4 is 10.6 Å². The molecule has 0 saturated heterocycles. The number of nitrogens with one attached hydrogen (secondary N) is 2. The summed E-state index contributed by atoms with van der Waals surface area (Å²) in [7, 11) is 0. The van der Waals surface area contributed by atoms with Gasteiger partial charge in [-0.15, -0.1) is 10.2 Å². The number of furan rings is 1. The van der Waals surface area contributed by atoms with Crippen molar-refractivity contribution in [2.45, 2.75) is 39.3 Å². The van der Waals surface area contributed by atoms with Crippen LogP contribution in [0.5, 0.6) is 0 Å². The lowest BCUT2D eigenvalue weighted by molar-refractivity contribution is 0.105. The van der Waals surface area contributed by atoms with Gasteiger partial charge in [0.1, 0.15) is 25.0 Å². The molecule has 2 aromatic heterocycles. The molecule has 138 valence electrons. The van der Waals surface area contributed by atoms with Crippen LogP contribution in [0.25, 0.3) is 0 Å². The first-order chi connectivity index (χ1) is 12.4. The van der Waals surface area contributed by atoms with Crippen molar-refractivity contribution < 1.29 is 9.15 Å². The van der Waals surface area contributed by atoms with E-state index in [1.54, 1.807) is 18.9 Å². The number of aryl methyl sites for hydroxylation is 1. The normalized spacial score (nSPS) is 11.6. The summed E-state index contributed by atoms with van der Waals surface area (Å²) < 4.78 is 12.8. The Bertz CT molecular complexity index is 568. The first-order valence-electron chi connectivity index (χ1n) is 8.83. The minimum atomic E-state index is 0.515. The molecule has 2 N–H and O–H groups in total. The second-order valence-corrected chi connectivity index (χ2v) is 5.58. The number of hydrogen-bond donors (Lipinski definition) is 2. The van der Waals surface area contributed by atoms with Gasteiger partial charge < -0.3 is 24.4 Å². The Balaban J connectivity index is 1.52. The molecule has 0 radical (unpaired) electrons. The summed E-state index contributed by atoms with van der Waals surface area (Å²) in [6, 6.07) is 3.78. The summed E-state index contributed by atoms with van der Waals surface area (Å²) in [5.41, 5.74) is 0. The molecule has 0 atom stereocenters. The van der Waals surface area contributed by atoms with E-state index in [2.05, 4.69) is 32.7 Å². The third-order valence-corrected chi connectivity index (χ3v) is 3.49. The van der Waals surface area contributed by atoms with Crippen LogP contribution in [0.15, 0.2) is 40.5 Å². The van der Waals surface area contributed by atoms with Crippen LogP contribution in [0.4, 0.5) is 0 Å². The van der Waals surface area contributed by atoms with Crippen LogP contribution in [-0.4, -0.2) is 47.0 Å². The minimum Gasteiger partial charge on any atom is -0.467 e. The van der Waals surface area contributed by atoms with E-state index in [0.717, 1.165) is 57.2 Å². The Hall–Kier alpha value is -2.35. The van der Waals surface area contributed by atoms with E-state index in [4.69, 9.17) is 9.15 Å². The quantitative estimate of drug-likeness (QED) is 0.345. The van der Waals surface area contributed by atoms with Gasteiger partial charge in [0, 0.05) is 32.8 Å². The maximum absolute atomic E-state index is 5.55. The smallest absolute Gasteiger partial charge is 0.191 e. The molecule has 8 nitrogen and oxygen atoms in total. The molecule has 0 saturated carbocycles. The second kappa shape index (κ2) is 12.1. The first kappa shape index (κ1) is 19.0. The van der Waals surface area contributed by atoms with E-state index in [0.29, 0.717) is 13.2 Å². The molecule has 0 fully saturated rings. The van der Waals surface area contributed by atoms with Gasteiger partial charge in [-0.3, -0.25) is 4.99 Å². The van der Waals surface area contributed by atoms with Gasteiger partial charge in [-0.1, -0.05) is 0 Å². The zero-order valence-corrected chi connectivity index (χ0v) is 14.9. The van der Waals surface area contributed by atoms with E-state index in [9.17, 15) is 0 Å². The molecule has 0 unspecified atom stereocenters. The highest BCUT2D eigenvalue weighted by Crippen LogP contribution is 2.01. The molecular formula is C17H28N6O2. The number of aliphatic imine (C=N–C) groups is 1. The van der Waals surface area contributed by atoms with Gasteiger partial charge in [0.25, 0.3) is 0 Å². The van der Waals surface area contributed by atoms with Gasteiger partial charge in [-0.05, 0) is 38.3 Å². The van der Waals surface area contributed by atoms with Gasteiger partial charge in [0.2, 0.25) is 0 Å². The van der Waals surface area contributed by atoms with Gasteiger partial charge >= 0.3 is 0 Å². The molecule has 0 aromatic carbocycles. The van der Waals surface area contributed by atoms with E-state index in [-0.39, 0.29) is 0 Å². The third-order valence-electron chi connectivity index (χ3n) is 3.49. The molecule has 0 aliphatic rings. The van der Waals surface area contributed by atoms with Crippen LogP contribution in [-0.2, 0) is 17.9 Å². The van der Waals surface area contributed by atoms with Gasteiger partial charge in [0.15, 0.2) is 5.96 Å². The zero-order chi connectivity index (χ0) is 17.6. The SMILES string of the molecule is CCNC(=NCCCOCc1ccco1)NCCCCn1cnnc1. The van der Waals surface area contributed by atoms with Crippen LogP contribution >= 0.6 is 0 Å². The van der Waals surface area contributed by atoms with E-state index < -0.39 is 0 Å². The van der Waals surface area contributed by atoms with Crippen LogP contribution in [0, 0.1) is 0 Å². The van der Waals surface area contributed by atoms with Crippen LogP contribution in [0.3, 0.4) is 0 Å². The highest BCUT2D eigenvalue weighted by molar-refractivity contribution is 5.79. The molecule has 25 heavy (non-hydrogen) atoms. The van der Waals surface area contributed by atoms with Crippen molar-refractivity contribution in [3.8, 4) is 0 Å². The maximum Gasteiger partial charge on any atom is 0.191 e. The summed E-state index contributed by atoms with van der Waals surface area (Å²) in [5.74, 6) is 1.71. The van der Waals surface area contributed by atoms with Gasteiger partial charge in [0.05, 0.1) is 6.26 Å². The number of ether oxygens (including phenoxy) is 1. The van der Waals surface area contributed by atoms with Gasteiger partial charge in [-0.25, -0.2) is 0 Å². The van der Waals surface area contributed by atoms with Crippen molar-refractivity contribution in [2.24, 2.45) is 4.99 Å². The van der Waals surface area contributed by atoms with Crippen LogP contribution in [0.1, 0.15) is 31.9 Å². The van der Waals surface area contributed by atoms with E-state index >= 15 is 0 Å². The Morgan fingerprint density at radius 2 is 2.12 bits per heavy atom. The fraction of sp³-hybridized carbons (Fsp3) is 0.588. The third kappa shape index (κ3) is 8.35. The van der Waals surface area contributed by atoms with Gasteiger partial charge in [-0.2, -0.15) is 0 Å².